The SMILES string of the molecule is CC(=O)Nc1cc(-c2nc([C@@H]3CCc4cc(-c5cc(Cl)ccc5-n5cnnn5)cc(=O)n43)[nH]c2Cl)ccn1. The van der Waals surface area contributed by atoms with Gasteiger partial charge < -0.3 is 14.9 Å². The van der Waals surface area contributed by atoms with Gasteiger partial charge in [-0.1, -0.05) is 23.2 Å². The summed E-state index contributed by atoms with van der Waals surface area (Å²) in [4.78, 5) is 36.9. The Balaban J connectivity index is 1.37. The number of aryl methyl sites for hydroxylation is 1. The molecule has 0 aliphatic carbocycles. The van der Waals surface area contributed by atoms with Gasteiger partial charge in [0.2, 0.25) is 5.91 Å². The molecule has 0 radical (unpaired) electrons. The molecule has 0 saturated carbocycles. The number of carbonyl (C=O) groups excluding carboxylic acids is 1. The van der Waals surface area contributed by atoms with E-state index >= 15 is 0 Å². The third-order valence-electron chi connectivity index (χ3n) is 6.33. The predicted molar refractivity (Wildman–Crippen MR) is 141 cm³/mol. The number of aromatic amines is 1. The quantitative estimate of drug-likeness (QED) is 0.338. The highest BCUT2D eigenvalue weighted by atomic mass is 35.5. The van der Waals surface area contributed by atoms with Crippen molar-refractivity contribution in [1.82, 2.24) is 39.7 Å². The summed E-state index contributed by atoms with van der Waals surface area (Å²) in [6, 6.07) is 12.0. The summed E-state index contributed by atoms with van der Waals surface area (Å²) in [5, 5.41) is 14.9. The number of benzene rings is 1. The minimum Gasteiger partial charge on any atom is -0.331 e. The lowest BCUT2D eigenvalue weighted by Gasteiger charge is -2.15. The molecular weight excluding hydrogens is 529 g/mol. The number of carbonyl (C=O) groups is 1. The van der Waals surface area contributed by atoms with Gasteiger partial charge in [0.15, 0.2) is 0 Å². The molecule has 0 fully saturated rings. The van der Waals surface area contributed by atoms with Crippen LogP contribution in [0.2, 0.25) is 10.2 Å². The molecule has 5 aromatic rings. The van der Waals surface area contributed by atoms with E-state index in [1.165, 1.54) is 17.9 Å². The Labute approximate surface area is 225 Å². The lowest BCUT2D eigenvalue weighted by Crippen LogP contribution is -2.24. The molecule has 11 nitrogen and oxygen atoms in total. The van der Waals surface area contributed by atoms with E-state index in [0.29, 0.717) is 51.6 Å². The van der Waals surface area contributed by atoms with Crippen molar-refractivity contribution in [1.29, 1.82) is 0 Å². The van der Waals surface area contributed by atoms with Crippen LogP contribution in [0.1, 0.15) is 30.9 Å². The van der Waals surface area contributed by atoms with E-state index in [0.717, 1.165) is 16.8 Å². The van der Waals surface area contributed by atoms with Crippen LogP contribution in [0.25, 0.3) is 28.1 Å². The third-order valence-corrected chi connectivity index (χ3v) is 6.84. The second-order valence-electron chi connectivity index (χ2n) is 8.81. The summed E-state index contributed by atoms with van der Waals surface area (Å²) in [5.74, 6) is 0.744. The van der Waals surface area contributed by atoms with Crippen LogP contribution < -0.4 is 10.9 Å². The molecule has 0 saturated heterocycles. The Bertz CT molecular complexity index is 1740. The fourth-order valence-electron chi connectivity index (χ4n) is 4.77. The second kappa shape index (κ2) is 9.51. The average Bonchev–Trinajstić information content (AvgIpc) is 3.64. The molecular formula is C25H19Cl2N9O2. The van der Waals surface area contributed by atoms with Gasteiger partial charge in [-0.15, -0.1) is 5.10 Å². The standard InChI is InChI=1S/C25H19Cl2N9O2/c1-13(37)30-21-9-14(6-7-28-21)23-24(27)32-25(31-23)20-5-3-17-8-15(10-22(38)36(17)20)18-11-16(26)2-4-19(18)35-12-29-33-34-35/h2,4,6-12,20H,3,5H2,1H3,(H,31,32)(H,28,30,37)/t20-/m0/s1. The fourth-order valence-corrected chi connectivity index (χ4v) is 5.19. The molecule has 1 aliphatic heterocycles. The summed E-state index contributed by atoms with van der Waals surface area (Å²) < 4.78 is 3.26. The number of fused-ring (bicyclic) bond motifs is 1. The van der Waals surface area contributed by atoms with Gasteiger partial charge in [-0.25, -0.2) is 9.97 Å². The summed E-state index contributed by atoms with van der Waals surface area (Å²) >= 11 is 12.8. The number of imidazole rings is 1. The number of hydrogen-bond acceptors (Lipinski definition) is 7. The molecule has 1 amide bonds. The van der Waals surface area contributed by atoms with Crippen LogP contribution in [-0.4, -0.2) is 45.6 Å². The first-order chi connectivity index (χ1) is 18.4. The largest absolute Gasteiger partial charge is 0.331 e. The third kappa shape index (κ3) is 4.35. The van der Waals surface area contributed by atoms with Crippen LogP contribution in [0, 0.1) is 0 Å². The molecule has 1 atom stereocenters. The van der Waals surface area contributed by atoms with Crippen molar-refractivity contribution in [2.24, 2.45) is 0 Å². The van der Waals surface area contributed by atoms with Gasteiger partial charge in [0.1, 0.15) is 28.8 Å². The second-order valence-corrected chi connectivity index (χ2v) is 9.62. The molecule has 13 heteroatoms. The van der Waals surface area contributed by atoms with Crippen molar-refractivity contribution in [3.8, 4) is 28.1 Å². The monoisotopic (exact) mass is 547 g/mol. The van der Waals surface area contributed by atoms with Gasteiger partial charge in [0, 0.05) is 41.0 Å². The number of anilines is 1. The predicted octanol–water partition coefficient (Wildman–Crippen LogP) is 4.08. The summed E-state index contributed by atoms with van der Waals surface area (Å²) in [6.07, 6.45) is 4.40. The minimum atomic E-state index is -0.312. The van der Waals surface area contributed by atoms with E-state index in [1.807, 2.05) is 12.1 Å². The van der Waals surface area contributed by atoms with Gasteiger partial charge in [0.25, 0.3) is 5.56 Å². The number of amides is 1. The fraction of sp³-hybridized carbons (Fsp3) is 0.160. The first-order valence-corrected chi connectivity index (χ1v) is 12.4. The molecule has 0 unspecified atom stereocenters. The summed E-state index contributed by atoms with van der Waals surface area (Å²) in [6.45, 7) is 1.41. The molecule has 38 heavy (non-hydrogen) atoms. The minimum absolute atomic E-state index is 0.173. The molecule has 1 aliphatic rings. The number of nitrogens with zero attached hydrogens (tertiary/aromatic N) is 7. The van der Waals surface area contributed by atoms with Crippen molar-refractivity contribution < 1.29 is 4.79 Å². The van der Waals surface area contributed by atoms with Crippen molar-refractivity contribution >= 4 is 34.9 Å². The highest BCUT2D eigenvalue weighted by Gasteiger charge is 2.29. The molecule has 6 rings (SSSR count). The van der Waals surface area contributed by atoms with Gasteiger partial charge in [-0.3, -0.25) is 9.59 Å². The highest BCUT2D eigenvalue weighted by molar-refractivity contribution is 6.32. The molecule has 0 spiro atoms. The lowest BCUT2D eigenvalue weighted by atomic mass is 10.0. The Morgan fingerprint density at radius 1 is 1.13 bits per heavy atom. The Hall–Kier alpha value is -4.35. The highest BCUT2D eigenvalue weighted by Crippen LogP contribution is 2.36. The smallest absolute Gasteiger partial charge is 0.252 e. The van der Waals surface area contributed by atoms with E-state index < -0.39 is 0 Å². The number of pyridine rings is 2. The maximum Gasteiger partial charge on any atom is 0.252 e. The number of halogens is 2. The van der Waals surface area contributed by atoms with Gasteiger partial charge in [-0.05, 0) is 65.2 Å². The molecule has 1 aromatic carbocycles. The van der Waals surface area contributed by atoms with E-state index in [4.69, 9.17) is 28.2 Å². The maximum absolute atomic E-state index is 13.4. The first-order valence-electron chi connectivity index (χ1n) is 11.7. The van der Waals surface area contributed by atoms with Crippen molar-refractivity contribution in [2.75, 3.05) is 5.32 Å². The van der Waals surface area contributed by atoms with Gasteiger partial charge >= 0.3 is 0 Å². The zero-order valence-electron chi connectivity index (χ0n) is 19.9. The molecule has 5 heterocycles. The van der Waals surface area contributed by atoms with Crippen molar-refractivity contribution in [3.63, 3.8) is 0 Å². The van der Waals surface area contributed by atoms with E-state index in [1.54, 1.807) is 41.1 Å². The number of hydrogen-bond donors (Lipinski definition) is 2. The molecule has 190 valence electrons. The van der Waals surface area contributed by atoms with Gasteiger partial charge in [0.05, 0.1) is 11.7 Å². The van der Waals surface area contributed by atoms with Crippen molar-refractivity contribution in [3.05, 3.63) is 87.0 Å². The number of aromatic nitrogens is 8. The van der Waals surface area contributed by atoms with Crippen LogP contribution in [0.3, 0.4) is 0 Å². The topological polar surface area (TPSA) is 136 Å². The lowest BCUT2D eigenvalue weighted by molar-refractivity contribution is -0.114. The van der Waals surface area contributed by atoms with E-state index in [9.17, 15) is 9.59 Å². The van der Waals surface area contributed by atoms with Gasteiger partial charge in [-0.2, -0.15) is 4.68 Å². The number of tetrazole rings is 1. The number of nitrogens with one attached hydrogen (secondary N) is 2. The zero-order valence-corrected chi connectivity index (χ0v) is 21.4. The normalized spacial score (nSPS) is 14.4. The molecule has 0 bridgehead atoms. The van der Waals surface area contributed by atoms with E-state index in [-0.39, 0.29) is 17.5 Å². The van der Waals surface area contributed by atoms with Crippen molar-refractivity contribution in [2.45, 2.75) is 25.8 Å². The van der Waals surface area contributed by atoms with Crippen LogP contribution in [0.4, 0.5) is 5.82 Å². The van der Waals surface area contributed by atoms with Crippen LogP contribution in [-0.2, 0) is 11.2 Å². The summed E-state index contributed by atoms with van der Waals surface area (Å²) in [5.41, 5.74) is 4.06. The maximum atomic E-state index is 13.4. The first kappa shape index (κ1) is 24.0. The van der Waals surface area contributed by atoms with E-state index in [2.05, 4.69) is 30.8 Å². The Kier molecular flexibility index (Phi) is 6.01. The summed E-state index contributed by atoms with van der Waals surface area (Å²) in [7, 11) is 0. The van der Waals surface area contributed by atoms with Crippen LogP contribution in [0.15, 0.2) is 59.8 Å². The van der Waals surface area contributed by atoms with Crippen LogP contribution >= 0.6 is 23.2 Å². The zero-order chi connectivity index (χ0) is 26.4. The molecule has 2 N–H and O–H groups in total. The Morgan fingerprint density at radius 2 is 2.00 bits per heavy atom. The number of H-pyrrole nitrogens is 1. The van der Waals surface area contributed by atoms with Crippen LogP contribution in [0.5, 0.6) is 0 Å². The molecule has 4 aromatic heterocycles. The number of rotatable bonds is 5. The Morgan fingerprint density at radius 3 is 2.79 bits per heavy atom. The average molecular weight is 548 g/mol.